The molecule has 0 fully saturated rings. The monoisotopic (exact) mass is 251 g/mol. The zero-order valence-corrected chi connectivity index (χ0v) is 11.5. The van der Waals surface area contributed by atoms with Gasteiger partial charge in [-0.2, -0.15) is 5.10 Å². The summed E-state index contributed by atoms with van der Waals surface area (Å²) in [6.07, 6.45) is 1.93. The molecule has 5 nitrogen and oxygen atoms in total. The number of nitrogens with zero attached hydrogens (tertiary/aromatic N) is 3. The van der Waals surface area contributed by atoms with Gasteiger partial charge >= 0.3 is 0 Å². The van der Waals surface area contributed by atoms with E-state index in [0.717, 1.165) is 11.3 Å². The van der Waals surface area contributed by atoms with Gasteiger partial charge in [-0.1, -0.05) is 13.8 Å². The summed E-state index contributed by atoms with van der Waals surface area (Å²) in [5.74, 6) is 0.194. The van der Waals surface area contributed by atoms with Crippen molar-refractivity contribution in [1.82, 2.24) is 14.7 Å². The molecule has 0 saturated carbocycles. The third-order valence-corrected chi connectivity index (χ3v) is 2.98. The molecule has 1 aromatic heterocycles. The number of carbonyl (C=O) groups excluding carboxylic acids is 1. The summed E-state index contributed by atoms with van der Waals surface area (Å²) in [5.41, 5.74) is 1.27. The number of amides is 1. The van der Waals surface area contributed by atoms with Crippen LogP contribution in [0.2, 0.25) is 0 Å². The standard InChI is InChI=1S/C13H21N3O2/c1-9(2)12(17)15-5-10-6-16(8-13(3,4)18)14-11(10)7-15/h6,9,18H,5,7-8H2,1-4H3. The predicted octanol–water partition coefficient (Wildman–Crippen LogP) is 1.15. The van der Waals surface area contributed by atoms with Crippen molar-refractivity contribution in [2.75, 3.05) is 0 Å². The molecule has 1 N–H and O–H groups in total. The largest absolute Gasteiger partial charge is 0.389 e. The highest BCUT2D eigenvalue weighted by molar-refractivity contribution is 5.78. The van der Waals surface area contributed by atoms with Crippen molar-refractivity contribution < 1.29 is 9.90 Å². The summed E-state index contributed by atoms with van der Waals surface area (Å²) in [6, 6.07) is 0. The fraction of sp³-hybridized carbons (Fsp3) is 0.692. The van der Waals surface area contributed by atoms with Crippen LogP contribution >= 0.6 is 0 Å². The number of rotatable bonds is 3. The maximum absolute atomic E-state index is 11.9. The summed E-state index contributed by atoms with van der Waals surface area (Å²) < 4.78 is 1.77. The molecule has 5 heteroatoms. The predicted molar refractivity (Wildman–Crippen MR) is 67.6 cm³/mol. The highest BCUT2D eigenvalue weighted by Crippen LogP contribution is 2.23. The van der Waals surface area contributed by atoms with Gasteiger partial charge in [-0.05, 0) is 13.8 Å². The van der Waals surface area contributed by atoms with Crippen LogP contribution in [0.1, 0.15) is 39.0 Å². The molecule has 0 atom stereocenters. The molecule has 18 heavy (non-hydrogen) atoms. The van der Waals surface area contributed by atoms with E-state index < -0.39 is 5.60 Å². The third-order valence-electron chi connectivity index (χ3n) is 2.98. The highest BCUT2D eigenvalue weighted by Gasteiger charge is 2.28. The minimum absolute atomic E-state index is 0.0255. The fourth-order valence-corrected chi connectivity index (χ4v) is 2.21. The van der Waals surface area contributed by atoms with Gasteiger partial charge in [0.05, 0.1) is 24.4 Å². The Morgan fingerprint density at radius 1 is 1.50 bits per heavy atom. The van der Waals surface area contributed by atoms with Crippen LogP contribution < -0.4 is 0 Å². The fourth-order valence-electron chi connectivity index (χ4n) is 2.21. The van der Waals surface area contributed by atoms with Gasteiger partial charge in [0, 0.05) is 24.2 Å². The second-order valence-electron chi connectivity index (χ2n) is 5.96. The molecule has 2 rings (SSSR count). The lowest BCUT2D eigenvalue weighted by atomic mass is 10.1. The minimum atomic E-state index is -0.771. The molecule has 1 aromatic rings. The van der Waals surface area contributed by atoms with Crippen molar-refractivity contribution in [3.63, 3.8) is 0 Å². The quantitative estimate of drug-likeness (QED) is 0.876. The second-order valence-corrected chi connectivity index (χ2v) is 5.96. The van der Waals surface area contributed by atoms with Crippen molar-refractivity contribution in [3.8, 4) is 0 Å². The first kappa shape index (κ1) is 13.1. The van der Waals surface area contributed by atoms with Crippen LogP contribution in [0.3, 0.4) is 0 Å². The van der Waals surface area contributed by atoms with E-state index in [2.05, 4.69) is 5.10 Å². The summed E-state index contributed by atoms with van der Waals surface area (Å²) >= 11 is 0. The molecule has 0 unspecified atom stereocenters. The van der Waals surface area contributed by atoms with Gasteiger partial charge in [0.25, 0.3) is 0 Å². The molecule has 0 spiro atoms. The van der Waals surface area contributed by atoms with Crippen LogP contribution in [0, 0.1) is 5.92 Å². The van der Waals surface area contributed by atoms with E-state index in [1.165, 1.54) is 0 Å². The average molecular weight is 251 g/mol. The number of fused-ring (bicyclic) bond motifs is 1. The molecular weight excluding hydrogens is 230 g/mol. The van der Waals surface area contributed by atoms with Gasteiger partial charge in [0.1, 0.15) is 0 Å². The summed E-state index contributed by atoms with van der Waals surface area (Å²) in [5, 5.41) is 14.2. The van der Waals surface area contributed by atoms with Crippen molar-refractivity contribution >= 4 is 5.91 Å². The van der Waals surface area contributed by atoms with E-state index in [9.17, 15) is 9.90 Å². The molecule has 1 aliphatic rings. The Balaban J connectivity index is 2.06. The van der Waals surface area contributed by atoms with Crippen LogP contribution in [-0.2, 0) is 24.4 Å². The smallest absolute Gasteiger partial charge is 0.225 e. The number of carbonyl (C=O) groups is 1. The summed E-state index contributed by atoms with van der Waals surface area (Å²) in [7, 11) is 0. The van der Waals surface area contributed by atoms with Crippen LogP contribution in [0.4, 0.5) is 0 Å². The average Bonchev–Trinajstić information content (AvgIpc) is 2.70. The minimum Gasteiger partial charge on any atom is -0.389 e. The van der Waals surface area contributed by atoms with Crippen molar-refractivity contribution in [2.45, 2.75) is 52.9 Å². The van der Waals surface area contributed by atoms with E-state index in [1.807, 2.05) is 24.9 Å². The summed E-state index contributed by atoms with van der Waals surface area (Å²) in [6.45, 7) is 9.03. The number of aliphatic hydroxyl groups is 1. The highest BCUT2D eigenvalue weighted by atomic mass is 16.3. The van der Waals surface area contributed by atoms with Crippen LogP contribution in [0.25, 0.3) is 0 Å². The molecule has 1 amide bonds. The van der Waals surface area contributed by atoms with E-state index in [0.29, 0.717) is 19.6 Å². The summed E-state index contributed by atoms with van der Waals surface area (Å²) in [4.78, 5) is 13.7. The van der Waals surface area contributed by atoms with E-state index in [4.69, 9.17) is 0 Å². The maximum atomic E-state index is 11.9. The van der Waals surface area contributed by atoms with E-state index in [1.54, 1.807) is 18.5 Å². The lowest BCUT2D eigenvalue weighted by Gasteiger charge is -2.19. The van der Waals surface area contributed by atoms with Crippen LogP contribution in [0.5, 0.6) is 0 Å². The van der Waals surface area contributed by atoms with E-state index >= 15 is 0 Å². The Morgan fingerprint density at radius 3 is 2.67 bits per heavy atom. The first-order chi connectivity index (χ1) is 8.26. The van der Waals surface area contributed by atoms with Gasteiger partial charge in [-0.25, -0.2) is 0 Å². The lowest BCUT2D eigenvalue weighted by Crippen LogP contribution is -2.30. The second kappa shape index (κ2) is 4.39. The van der Waals surface area contributed by atoms with Crippen molar-refractivity contribution in [2.24, 2.45) is 5.92 Å². The van der Waals surface area contributed by atoms with Gasteiger partial charge < -0.3 is 10.0 Å². The lowest BCUT2D eigenvalue weighted by molar-refractivity contribution is -0.135. The Hall–Kier alpha value is -1.36. The maximum Gasteiger partial charge on any atom is 0.225 e. The topological polar surface area (TPSA) is 58.4 Å². The molecule has 0 radical (unpaired) electrons. The first-order valence-electron chi connectivity index (χ1n) is 6.32. The molecule has 2 heterocycles. The normalized spacial score (nSPS) is 15.3. The Bertz CT molecular complexity index is 434. The van der Waals surface area contributed by atoms with Gasteiger partial charge in [0.2, 0.25) is 5.91 Å². The van der Waals surface area contributed by atoms with Crippen LogP contribution in [0.15, 0.2) is 6.20 Å². The number of hydrogen-bond acceptors (Lipinski definition) is 3. The zero-order chi connectivity index (χ0) is 13.5. The first-order valence-corrected chi connectivity index (χ1v) is 6.32. The molecule has 100 valence electrons. The zero-order valence-electron chi connectivity index (χ0n) is 11.5. The molecule has 0 saturated heterocycles. The Kier molecular flexibility index (Phi) is 3.19. The van der Waals surface area contributed by atoms with Gasteiger partial charge in [-0.15, -0.1) is 0 Å². The molecular formula is C13H21N3O2. The number of aromatic nitrogens is 2. The van der Waals surface area contributed by atoms with Crippen molar-refractivity contribution in [1.29, 1.82) is 0 Å². The third kappa shape index (κ3) is 2.72. The van der Waals surface area contributed by atoms with Gasteiger partial charge in [0.15, 0.2) is 0 Å². The SMILES string of the molecule is CC(C)C(=O)N1Cc2cn(CC(C)(C)O)nc2C1. The molecule has 0 bridgehead atoms. The number of hydrogen-bond donors (Lipinski definition) is 1. The van der Waals surface area contributed by atoms with E-state index in [-0.39, 0.29) is 11.8 Å². The van der Waals surface area contributed by atoms with Crippen molar-refractivity contribution in [3.05, 3.63) is 17.5 Å². The Morgan fingerprint density at radius 2 is 2.17 bits per heavy atom. The Labute approximate surface area is 107 Å². The van der Waals surface area contributed by atoms with Crippen LogP contribution in [-0.4, -0.2) is 31.3 Å². The molecule has 0 aromatic carbocycles. The molecule has 0 aliphatic carbocycles. The molecule has 1 aliphatic heterocycles. The van der Waals surface area contributed by atoms with Gasteiger partial charge in [-0.3, -0.25) is 9.48 Å².